The monoisotopic (exact) mass is 742 g/mol. The van der Waals surface area contributed by atoms with E-state index in [4.69, 9.17) is 10.2 Å². The summed E-state index contributed by atoms with van der Waals surface area (Å²) in [7, 11) is 0. The second-order valence-electron chi connectivity index (χ2n) is 12.5. The molecule has 20 nitrogen and oxygen atoms in total. The van der Waals surface area contributed by atoms with Crippen molar-refractivity contribution in [2.75, 3.05) is 52.5 Å². The van der Waals surface area contributed by atoms with Gasteiger partial charge in [0.25, 0.3) is 0 Å². The van der Waals surface area contributed by atoms with Crippen LogP contribution in [0.2, 0.25) is 0 Å². The summed E-state index contributed by atoms with van der Waals surface area (Å²) in [6.07, 6.45) is -4.08. The SMILES string of the molecule is O=C(O)CCC(C(=O)O)N1CCN(C(CCC(=O)NCC(O)CO)C(=O)O)Cc2cccc(n2)CN(C(CCC(=O)NCC(O)CO)C(=O)O)CC1. The molecule has 2 bridgehead atoms. The zero-order chi connectivity index (χ0) is 38.8. The maximum atomic E-state index is 12.6. The number of hydrogen-bond donors (Lipinski definition) is 10. The van der Waals surface area contributed by atoms with Crippen molar-refractivity contribution in [1.82, 2.24) is 30.3 Å². The van der Waals surface area contributed by atoms with Gasteiger partial charge in [0.05, 0.1) is 36.8 Å². The Balaban J connectivity index is 2.46. The molecule has 0 spiro atoms. The second-order valence-corrected chi connectivity index (χ2v) is 12.5. The molecule has 5 unspecified atom stereocenters. The molecule has 0 radical (unpaired) electrons. The van der Waals surface area contributed by atoms with Gasteiger partial charge in [-0.25, -0.2) is 0 Å². The highest BCUT2D eigenvalue weighted by Gasteiger charge is 2.33. The van der Waals surface area contributed by atoms with Crippen molar-refractivity contribution in [2.24, 2.45) is 0 Å². The Kier molecular flexibility index (Phi) is 19.0. The van der Waals surface area contributed by atoms with Gasteiger partial charge in [0, 0.05) is 71.6 Å². The predicted octanol–water partition coefficient (Wildman–Crippen LogP) is -3.28. The van der Waals surface area contributed by atoms with Crippen LogP contribution in [0.4, 0.5) is 0 Å². The minimum Gasteiger partial charge on any atom is -0.481 e. The van der Waals surface area contributed by atoms with E-state index in [-0.39, 0.29) is 84.5 Å². The molecule has 0 aliphatic carbocycles. The fourth-order valence-electron chi connectivity index (χ4n) is 5.70. The number of carbonyl (C=O) groups excluding carboxylic acids is 2. The molecule has 1 aromatic rings. The number of aliphatic carboxylic acids is 4. The Labute approximate surface area is 299 Å². The fraction of sp³-hybridized carbons (Fsp3) is 0.656. The lowest BCUT2D eigenvalue weighted by Gasteiger charge is -2.37. The van der Waals surface area contributed by atoms with Crippen LogP contribution in [0.5, 0.6) is 0 Å². The Bertz CT molecular complexity index is 1270. The molecule has 0 aromatic carbocycles. The third-order valence-corrected chi connectivity index (χ3v) is 8.53. The van der Waals surface area contributed by atoms with Gasteiger partial charge in [0.15, 0.2) is 0 Å². The van der Waals surface area contributed by atoms with Crippen LogP contribution >= 0.6 is 0 Å². The molecule has 10 N–H and O–H groups in total. The minimum atomic E-state index is -1.35. The highest BCUT2D eigenvalue weighted by Crippen LogP contribution is 2.19. The van der Waals surface area contributed by atoms with Crippen molar-refractivity contribution in [1.29, 1.82) is 0 Å². The molecule has 292 valence electrons. The summed E-state index contributed by atoms with van der Waals surface area (Å²) in [6, 6.07) is 1.03. The van der Waals surface area contributed by atoms with Gasteiger partial charge in [-0.15, -0.1) is 0 Å². The third-order valence-electron chi connectivity index (χ3n) is 8.53. The van der Waals surface area contributed by atoms with Crippen molar-refractivity contribution in [2.45, 2.75) is 81.9 Å². The van der Waals surface area contributed by atoms with Crippen LogP contribution in [0, 0.1) is 0 Å². The number of rotatable bonds is 21. The summed E-state index contributed by atoms with van der Waals surface area (Å²) in [5.41, 5.74) is 0.779. The van der Waals surface area contributed by atoms with Crippen molar-refractivity contribution < 1.29 is 69.6 Å². The zero-order valence-electron chi connectivity index (χ0n) is 28.7. The lowest BCUT2D eigenvalue weighted by molar-refractivity contribution is -0.148. The molecule has 1 aliphatic heterocycles. The number of carboxylic acid groups (broad SMARTS) is 4. The average Bonchev–Trinajstić information content (AvgIpc) is 3.08. The standard InChI is InChI=1S/C32H50N6O14/c39-18-22(41)14-33-27(43)7-4-25(31(49)50)37-12-10-36(24(30(47)48)6-9-29(45)46)11-13-38(17-21-3-1-2-20(16-37)35-21)26(32(51)52)5-8-28(44)34-15-23(42)19-40/h1-3,22-26,39-42H,4-19H2,(H,33,43)(H,34,44)(H,45,46)(H,47,48)(H,49,50)(H,51,52). The largest absolute Gasteiger partial charge is 0.481 e. The number of aliphatic hydroxyl groups is 4. The molecule has 20 heteroatoms. The Morgan fingerprint density at radius 1 is 0.615 bits per heavy atom. The molecule has 2 rings (SSSR count). The third kappa shape index (κ3) is 15.5. The van der Waals surface area contributed by atoms with Crippen molar-refractivity contribution in [3.8, 4) is 0 Å². The van der Waals surface area contributed by atoms with Crippen LogP contribution in [0.1, 0.15) is 49.9 Å². The van der Waals surface area contributed by atoms with Crippen LogP contribution in [0.3, 0.4) is 0 Å². The van der Waals surface area contributed by atoms with Gasteiger partial charge in [0.1, 0.15) is 18.1 Å². The van der Waals surface area contributed by atoms with E-state index in [9.17, 15) is 59.4 Å². The van der Waals surface area contributed by atoms with E-state index in [1.165, 1.54) is 14.7 Å². The summed E-state index contributed by atoms with van der Waals surface area (Å²) in [4.78, 5) is 82.9. The normalized spacial score (nSPS) is 17.7. The van der Waals surface area contributed by atoms with Crippen LogP contribution in [0.25, 0.3) is 0 Å². The predicted molar refractivity (Wildman–Crippen MR) is 178 cm³/mol. The van der Waals surface area contributed by atoms with Crippen molar-refractivity contribution in [3.63, 3.8) is 0 Å². The first kappa shape index (κ1) is 43.9. The highest BCUT2D eigenvalue weighted by molar-refractivity contribution is 5.79. The lowest BCUT2D eigenvalue weighted by atomic mass is 10.1. The smallest absolute Gasteiger partial charge is 0.320 e. The average molecular weight is 743 g/mol. The Morgan fingerprint density at radius 3 is 1.35 bits per heavy atom. The van der Waals surface area contributed by atoms with E-state index in [1.807, 2.05) is 0 Å². The molecule has 0 fully saturated rings. The molecule has 0 saturated heterocycles. The molecule has 2 heterocycles. The molecule has 52 heavy (non-hydrogen) atoms. The molecule has 1 aliphatic rings. The van der Waals surface area contributed by atoms with Gasteiger partial charge in [-0.1, -0.05) is 6.07 Å². The van der Waals surface area contributed by atoms with Gasteiger partial charge in [0.2, 0.25) is 11.8 Å². The van der Waals surface area contributed by atoms with E-state index in [1.54, 1.807) is 18.2 Å². The van der Waals surface area contributed by atoms with E-state index in [2.05, 4.69) is 15.6 Å². The fourth-order valence-corrected chi connectivity index (χ4v) is 5.70. The number of nitrogens with zero attached hydrogens (tertiary/aromatic N) is 4. The van der Waals surface area contributed by atoms with Crippen molar-refractivity contribution in [3.05, 3.63) is 29.6 Å². The van der Waals surface area contributed by atoms with E-state index < -0.39 is 85.7 Å². The number of aromatic nitrogens is 1. The maximum Gasteiger partial charge on any atom is 0.320 e. The molecular formula is C32H50N6O14. The topological polar surface area (TPSA) is 311 Å². The summed E-state index contributed by atoms with van der Waals surface area (Å²) in [5, 5.41) is 81.7. The molecule has 1 aromatic heterocycles. The lowest BCUT2D eigenvalue weighted by Crippen LogP contribution is -2.52. The second kappa shape index (κ2) is 22.6. The summed E-state index contributed by atoms with van der Waals surface area (Å²) in [6.45, 7) is -2.14. The molecule has 2 amide bonds. The maximum absolute atomic E-state index is 12.6. The number of fused-ring (bicyclic) bond motifs is 2. The van der Waals surface area contributed by atoms with Crippen molar-refractivity contribution >= 4 is 35.7 Å². The van der Waals surface area contributed by atoms with E-state index >= 15 is 0 Å². The number of nitrogens with one attached hydrogen (secondary N) is 2. The van der Waals surface area contributed by atoms with E-state index in [0.717, 1.165) is 0 Å². The molecule has 0 saturated carbocycles. The van der Waals surface area contributed by atoms with Crippen LogP contribution in [-0.4, -0.2) is 179 Å². The van der Waals surface area contributed by atoms with Gasteiger partial charge >= 0.3 is 23.9 Å². The van der Waals surface area contributed by atoms with Gasteiger partial charge in [-0.3, -0.25) is 48.5 Å². The molecular weight excluding hydrogens is 692 g/mol. The number of hydrogen-bond acceptors (Lipinski definition) is 14. The zero-order valence-corrected chi connectivity index (χ0v) is 28.7. The summed E-state index contributed by atoms with van der Waals surface area (Å²) in [5.74, 6) is -6.26. The van der Waals surface area contributed by atoms with Crippen LogP contribution in [-0.2, 0) is 41.9 Å². The number of amides is 2. The van der Waals surface area contributed by atoms with E-state index in [0.29, 0.717) is 11.4 Å². The number of aliphatic hydroxyl groups excluding tert-OH is 4. The Hall–Kier alpha value is -4.31. The number of carboxylic acids is 4. The first-order valence-corrected chi connectivity index (χ1v) is 16.8. The van der Waals surface area contributed by atoms with Gasteiger partial charge < -0.3 is 51.5 Å². The Morgan fingerprint density at radius 2 is 0.981 bits per heavy atom. The first-order chi connectivity index (χ1) is 24.6. The van der Waals surface area contributed by atoms with Crippen LogP contribution in [0.15, 0.2) is 18.2 Å². The summed E-state index contributed by atoms with van der Waals surface area (Å²) >= 11 is 0. The number of carbonyl (C=O) groups is 6. The quantitative estimate of drug-likeness (QED) is 0.0590. The highest BCUT2D eigenvalue weighted by atomic mass is 16.4. The summed E-state index contributed by atoms with van der Waals surface area (Å²) < 4.78 is 0. The van der Waals surface area contributed by atoms with Gasteiger partial charge in [-0.2, -0.15) is 0 Å². The first-order valence-electron chi connectivity index (χ1n) is 16.8. The number of pyridine rings is 1. The van der Waals surface area contributed by atoms with Gasteiger partial charge in [-0.05, 0) is 31.4 Å². The minimum absolute atomic E-state index is 0.0709. The van der Waals surface area contributed by atoms with Crippen LogP contribution < -0.4 is 10.6 Å². The molecule has 5 atom stereocenters.